The van der Waals surface area contributed by atoms with Crippen molar-refractivity contribution >= 4 is 11.6 Å². The monoisotopic (exact) mass is 251 g/mol. The van der Waals surface area contributed by atoms with E-state index in [0.29, 0.717) is 12.0 Å². The normalized spacial score (nSPS) is 36.8. The third-order valence-corrected chi connectivity index (χ3v) is 4.63. The van der Waals surface area contributed by atoms with E-state index in [0.717, 1.165) is 36.5 Å². The van der Waals surface area contributed by atoms with Gasteiger partial charge in [0.15, 0.2) is 0 Å². The smallest absolute Gasteiger partial charge is 0.0646 e. The fourth-order valence-corrected chi connectivity index (χ4v) is 3.53. The summed E-state index contributed by atoms with van der Waals surface area (Å²) in [6.07, 6.45) is 4.89. The summed E-state index contributed by atoms with van der Waals surface area (Å²) < 4.78 is 5.65. The molecular formula is C14H18ClNO. The van der Waals surface area contributed by atoms with Gasteiger partial charge in [0.05, 0.1) is 12.7 Å². The van der Waals surface area contributed by atoms with E-state index in [1.165, 1.54) is 6.42 Å². The van der Waals surface area contributed by atoms with Crippen molar-refractivity contribution in [2.45, 2.75) is 37.3 Å². The summed E-state index contributed by atoms with van der Waals surface area (Å²) in [7, 11) is 0. The minimum atomic E-state index is -0.294. The lowest BCUT2D eigenvalue weighted by Gasteiger charge is -2.47. The van der Waals surface area contributed by atoms with Gasteiger partial charge in [0.2, 0.25) is 0 Å². The molecule has 1 aliphatic carbocycles. The zero-order valence-corrected chi connectivity index (χ0v) is 10.6. The van der Waals surface area contributed by atoms with Gasteiger partial charge < -0.3 is 10.5 Å². The van der Waals surface area contributed by atoms with Crippen LogP contribution in [0.4, 0.5) is 0 Å². The van der Waals surface area contributed by atoms with Crippen molar-refractivity contribution in [3.05, 3.63) is 34.9 Å². The summed E-state index contributed by atoms with van der Waals surface area (Å²) in [5.41, 5.74) is 7.51. The van der Waals surface area contributed by atoms with Gasteiger partial charge >= 0.3 is 0 Å². The van der Waals surface area contributed by atoms with Crippen LogP contribution in [0.3, 0.4) is 0 Å². The Morgan fingerprint density at radius 2 is 2.12 bits per heavy atom. The van der Waals surface area contributed by atoms with Crippen molar-refractivity contribution < 1.29 is 4.74 Å². The van der Waals surface area contributed by atoms with Gasteiger partial charge in [-0.1, -0.05) is 42.6 Å². The minimum absolute atomic E-state index is 0.294. The summed E-state index contributed by atoms with van der Waals surface area (Å²) in [5, 5.41) is 0.794. The van der Waals surface area contributed by atoms with Gasteiger partial charge in [0, 0.05) is 16.5 Å². The van der Waals surface area contributed by atoms with Crippen LogP contribution in [0.1, 0.15) is 31.2 Å². The van der Waals surface area contributed by atoms with E-state index in [-0.39, 0.29) is 5.54 Å². The third-order valence-electron chi connectivity index (χ3n) is 4.30. The van der Waals surface area contributed by atoms with Crippen LogP contribution in [-0.2, 0) is 10.3 Å². The molecule has 2 N–H and O–H groups in total. The molecule has 0 amide bonds. The summed E-state index contributed by atoms with van der Waals surface area (Å²) in [6, 6.07) is 7.99. The van der Waals surface area contributed by atoms with Gasteiger partial charge in [0.1, 0.15) is 0 Å². The molecular weight excluding hydrogens is 234 g/mol. The molecule has 1 aromatic carbocycles. The Morgan fingerprint density at radius 3 is 2.82 bits per heavy atom. The molecule has 1 saturated heterocycles. The fourth-order valence-electron chi connectivity index (χ4n) is 3.21. The maximum atomic E-state index is 6.70. The minimum Gasteiger partial charge on any atom is -0.377 e. The van der Waals surface area contributed by atoms with Crippen molar-refractivity contribution in [2.24, 2.45) is 11.7 Å². The van der Waals surface area contributed by atoms with Crippen LogP contribution in [0.2, 0.25) is 5.02 Å². The first-order chi connectivity index (χ1) is 8.22. The Balaban J connectivity index is 2.01. The first kappa shape index (κ1) is 11.5. The number of fused-ring (bicyclic) bond motifs is 1. The summed E-state index contributed by atoms with van der Waals surface area (Å²) >= 11 is 6.32. The second-order valence-corrected chi connectivity index (χ2v) is 5.65. The molecule has 0 spiro atoms. The third kappa shape index (κ3) is 1.79. The van der Waals surface area contributed by atoms with Crippen molar-refractivity contribution in [3.8, 4) is 0 Å². The van der Waals surface area contributed by atoms with Crippen LogP contribution in [0, 0.1) is 5.92 Å². The number of hydrogen-bond acceptors (Lipinski definition) is 2. The summed E-state index contributed by atoms with van der Waals surface area (Å²) in [5.74, 6) is 0.435. The molecule has 3 heteroatoms. The Labute approximate surface area is 107 Å². The standard InChI is InChI=1S/C14H18ClNO/c15-12-6-2-1-5-10(12)14(16)8-4-3-7-13-11(14)9-17-13/h1-2,5-6,11,13H,3-4,7-9,16H2. The van der Waals surface area contributed by atoms with Crippen LogP contribution in [-0.4, -0.2) is 12.7 Å². The molecule has 2 aliphatic rings. The zero-order valence-electron chi connectivity index (χ0n) is 9.86. The lowest BCUT2D eigenvalue weighted by Crippen LogP contribution is -2.56. The number of benzene rings is 1. The highest BCUT2D eigenvalue weighted by molar-refractivity contribution is 6.31. The molecule has 0 radical (unpaired) electrons. The van der Waals surface area contributed by atoms with Crippen molar-refractivity contribution in [2.75, 3.05) is 6.61 Å². The van der Waals surface area contributed by atoms with Crippen molar-refractivity contribution in [1.29, 1.82) is 0 Å². The number of hydrogen-bond donors (Lipinski definition) is 1. The van der Waals surface area contributed by atoms with E-state index in [1.807, 2.05) is 18.2 Å². The molecule has 1 heterocycles. The van der Waals surface area contributed by atoms with Gasteiger partial charge in [0.25, 0.3) is 0 Å². The van der Waals surface area contributed by atoms with Gasteiger partial charge in [-0.15, -0.1) is 0 Å². The molecule has 0 bridgehead atoms. The van der Waals surface area contributed by atoms with Gasteiger partial charge in [-0.25, -0.2) is 0 Å². The van der Waals surface area contributed by atoms with E-state index in [4.69, 9.17) is 22.1 Å². The number of halogens is 1. The molecule has 0 aromatic heterocycles. The molecule has 3 atom stereocenters. The molecule has 2 fully saturated rings. The van der Waals surface area contributed by atoms with Crippen LogP contribution < -0.4 is 5.73 Å². The largest absolute Gasteiger partial charge is 0.377 e. The highest BCUT2D eigenvalue weighted by Gasteiger charge is 2.48. The molecule has 17 heavy (non-hydrogen) atoms. The van der Waals surface area contributed by atoms with E-state index in [1.54, 1.807) is 0 Å². The van der Waals surface area contributed by atoms with Crippen LogP contribution >= 0.6 is 11.6 Å². The predicted molar refractivity (Wildman–Crippen MR) is 69.0 cm³/mol. The van der Waals surface area contributed by atoms with Crippen molar-refractivity contribution in [1.82, 2.24) is 0 Å². The first-order valence-electron chi connectivity index (χ1n) is 6.37. The first-order valence-corrected chi connectivity index (χ1v) is 6.75. The molecule has 92 valence electrons. The molecule has 1 aromatic rings. The maximum Gasteiger partial charge on any atom is 0.0646 e. The summed E-state index contributed by atoms with van der Waals surface area (Å²) in [4.78, 5) is 0. The lowest BCUT2D eigenvalue weighted by atomic mass is 9.72. The SMILES string of the molecule is NC1(c2ccccc2Cl)CCCCC2OCC21. The van der Waals surface area contributed by atoms with Crippen molar-refractivity contribution in [3.63, 3.8) is 0 Å². The maximum absolute atomic E-state index is 6.70. The number of nitrogens with two attached hydrogens (primary N) is 1. The molecule has 1 saturated carbocycles. The molecule has 3 unspecified atom stereocenters. The lowest BCUT2D eigenvalue weighted by molar-refractivity contribution is -0.144. The molecule has 3 rings (SSSR count). The second-order valence-electron chi connectivity index (χ2n) is 5.24. The van der Waals surface area contributed by atoms with E-state index in [2.05, 4.69) is 6.07 Å². The fraction of sp³-hybridized carbons (Fsp3) is 0.571. The number of ether oxygens (including phenoxy) is 1. The second kappa shape index (κ2) is 4.27. The average molecular weight is 252 g/mol. The highest BCUT2D eigenvalue weighted by atomic mass is 35.5. The average Bonchev–Trinajstić information content (AvgIpc) is 2.37. The van der Waals surface area contributed by atoms with Crippen LogP contribution in [0.15, 0.2) is 24.3 Å². The Morgan fingerprint density at radius 1 is 1.29 bits per heavy atom. The molecule has 2 nitrogen and oxygen atoms in total. The van der Waals surface area contributed by atoms with Crippen LogP contribution in [0.5, 0.6) is 0 Å². The number of rotatable bonds is 1. The highest BCUT2D eigenvalue weighted by Crippen LogP contribution is 2.46. The summed E-state index contributed by atoms with van der Waals surface area (Å²) in [6.45, 7) is 0.784. The van der Waals surface area contributed by atoms with E-state index < -0.39 is 0 Å². The Bertz CT molecular complexity index is 422. The van der Waals surface area contributed by atoms with Gasteiger partial charge in [-0.05, 0) is 24.5 Å². The zero-order chi connectivity index (χ0) is 11.9. The van der Waals surface area contributed by atoms with Gasteiger partial charge in [-0.2, -0.15) is 0 Å². The quantitative estimate of drug-likeness (QED) is 0.833. The Hall–Kier alpha value is -0.570. The van der Waals surface area contributed by atoms with Crippen LogP contribution in [0.25, 0.3) is 0 Å². The van der Waals surface area contributed by atoms with E-state index >= 15 is 0 Å². The van der Waals surface area contributed by atoms with Gasteiger partial charge in [-0.3, -0.25) is 0 Å². The predicted octanol–water partition coefficient (Wildman–Crippen LogP) is 3.08. The van der Waals surface area contributed by atoms with E-state index in [9.17, 15) is 0 Å². The molecule has 1 aliphatic heterocycles. The topological polar surface area (TPSA) is 35.2 Å². The Kier molecular flexibility index (Phi) is 2.89.